The fourth-order valence-electron chi connectivity index (χ4n) is 2.17. The molecule has 0 aromatic carbocycles. The van der Waals surface area contributed by atoms with E-state index >= 15 is 0 Å². The quantitative estimate of drug-likeness (QED) is 0.725. The van der Waals surface area contributed by atoms with Crippen molar-refractivity contribution < 1.29 is 5.11 Å². The minimum atomic E-state index is -0.0915. The maximum absolute atomic E-state index is 9.75. The summed E-state index contributed by atoms with van der Waals surface area (Å²) in [6.45, 7) is 6.72. The van der Waals surface area contributed by atoms with E-state index in [0.717, 1.165) is 12.8 Å². The van der Waals surface area contributed by atoms with E-state index in [0.29, 0.717) is 18.0 Å². The summed E-state index contributed by atoms with van der Waals surface area (Å²) in [5.41, 5.74) is 0. The summed E-state index contributed by atoms with van der Waals surface area (Å²) in [7, 11) is 2.14. The molecule has 1 N–H and O–H groups in total. The normalized spacial score (nSPS) is 31.6. The molecule has 0 bridgehead atoms. The van der Waals surface area contributed by atoms with Crippen LogP contribution >= 0.6 is 0 Å². The van der Waals surface area contributed by atoms with Crippen molar-refractivity contribution in [2.45, 2.75) is 58.2 Å². The van der Waals surface area contributed by atoms with Crippen molar-refractivity contribution in [2.75, 3.05) is 7.05 Å². The highest BCUT2D eigenvalue weighted by Gasteiger charge is 2.31. The fraction of sp³-hybridized carbons (Fsp3) is 1.00. The molecule has 1 aliphatic rings. The van der Waals surface area contributed by atoms with Gasteiger partial charge in [0.25, 0.3) is 0 Å². The highest BCUT2D eigenvalue weighted by molar-refractivity contribution is 4.86. The first-order valence-corrected chi connectivity index (χ1v) is 5.44. The number of aliphatic hydroxyl groups excluding tert-OH is 1. The van der Waals surface area contributed by atoms with Gasteiger partial charge in [0.05, 0.1) is 6.10 Å². The van der Waals surface area contributed by atoms with Crippen LogP contribution in [-0.4, -0.2) is 35.2 Å². The highest BCUT2D eigenvalue weighted by atomic mass is 16.3. The number of aliphatic hydroxyl groups is 1. The largest absolute Gasteiger partial charge is 0.391 e. The molecule has 1 aliphatic carbocycles. The first-order valence-electron chi connectivity index (χ1n) is 5.44. The van der Waals surface area contributed by atoms with Crippen molar-refractivity contribution >= 4 is 0 Å². The van der Waals surface area contributed by atoms with E-state index in [2.05, 4.69) is 32.7 Å². The smallest absolute Gasteiger partial charge is 0.0695 e. The standard InChI is InChI=1S/C11H23NO/c1-8(2)9(3)12(4)10-6-5-7-11(10)13/h8-11,13H,5-7H2,1-4H3. The second kappa shape index (κ2) is 4.43. The van der Waals surface area contributed by atoms with Crippen molar-refractivity contribution in [2.24, 2.45) is 5.92 Å². The lowest BCUT2D eigenvalue weighted by atomic mass is 10.0. The van der Waals surface area contributed by atoms with Crippen molar-refractivity contribution in [3.63, 3.8) is 0 Å². The molecule has 2 heteroatoms. The molecule has 0 aromatic heterocycles. The Labute approximate surface area is 81.9 Å². The van der Waals surface area contributed by atoms with Gasteiger partial charge < -0.3 is 5.11 Å². The maximum Gasteiger partial charge on any atom is 0.0695 e. The Morgan fingerprint density at radius 2 is 1.85 bits per heavy atom. The van der Waals surface area contributed by atoms with Crippen LogP contribution < -0.4 is 0 Å². The van der Waals surface area contributed by atoms with Crippen LogP contribution in [0.5, 0.6) is 0 Å². The maximum atomic E-state index is 9.75. The lowest BCUT2D eigenvalue weighted by Crippen LogP contribution is -2.44. The molecule has 0 aliphatic heterocycles. The Hall–Kier alpha value is -0.0800. The molecule has 0 spiro atoms. The molecule has 0 radical (unpaired) electrons. The molecule has 0 heterocycles. The van der Waals surface area contributed by atoms with Gasteiger partial charge in [-0.15, -0.1) is 0 Å². The topological polar surface area (TPSA) is 23.5 Å². The van der Waals surface area contributed by atoms with Gasteiger partial charge in [0.15, 0.2) is 0 Å². The Balaban J connectivity index is 2.50. The van der Waals surface area contributed by atoms with Gasteiger partial charge in [0, 0.05) is 12.1 Å². The minimum absolute atomic E-state index is 0.0915. The SMILES string of the molecule is CC(C)C(C)N(C)C1CCCC1O. The van der Waals surface area contributed by atoms with Gasteiger partial charge >= 0.3 is 0 Å². The summed E-state index contributed by atoms with van der Waals surface area (Å²) in [6.07, 6.45) is 3.24. The molecule has 3 unspecified atom stereocenters. The number of likely N-dealkylation sites (N-methyl/N-ethyl adjacent to an activating group) is 1. The number of rotatable bonds is 3. The van der Waals surface area contributed by atoms with E-state index in [1.54, 1.807) is 0 Å². The van der Waals surface area contributed by atoms with Gasteiger partial charge in [-0.05, 0) is 39.2 Å². The predicted molar refractivity (Wildman–Crippen MR) is 55.7 cm³/mol. The average Bonchev–Trinajstić information content (AvgIpc) is 2.48. The zero-order valence-electron chi connectivity index (χ0n) is 9.33. The van der Waals surface area contributed by atoms with Crippen molar-refractivity contribution in [3.8, 4) is 0 Å². The molecule has 0 amide bonds. The summed E-state index contributed by atoms with van der Waals surface area (Å²) >= 11 is 0. The summed E-state index contributed by atoms with van der Waals surface area (Å²) < 4.78 is 0. The van der Waals surface area contributed by atoms with E-state index < -0.39 is 0 Å². The van der Waals surface area contributed by atoms with E-state index in [1.165, 1.54) is 6.42 Å². The second-order valence-electron chi connectivity index (χ2n) is 4.72. The van der Waals surface area contributed by atoms with Crippen LogP contribution in [0.4, 0.5) is 0 Å². The molecule has 13 heavy (non-hydrogen) atoms. The van der Waals surface area contributed by atoms with Crippen LogP contribution in [0.25, 0.3) is 0 Å². The molecule has 0 aromatic rings. The van der Waals surface area contributed by atoms with Gasteiger partial charge in [-0.1, -0.05) is 13.8 Å². The first kappa shape index (κ1) is 11.0. The Bertz CT molecular complexity index is 158. The molecular formula is C11H23NO. The van der Waals surface area contributed by atoms with Crippen molar-refractivity contribution in [1.29, 1.82) is 0 Å². The van der Waals surface area contributed by atoms with Crippen LogP contribution in [-0.2, 0) is 0 Å². The van der Waals surface area contributed by atoms with Gasteiger partial charge in [-0.3, -0.25) is 4.90 Å². The molecule has 1 fully saturated rings. The molecule has 3 atom stereocenters. The molecule has 1 rings (SSSR count). The van der Waals surface area contributed by atoms with Gasteiger partial charge in [0.1, 0.15) is 0 Å². The van der Waals surface area contributed by atoms with E-state index in [1.807, 2.05) is 0 Å². The fourth-order valence-corrected chi connectivity index (χ4v) is 2.17. The molecule has 78 valence electrons. The number of nitrogens with zero attached hydrogens (tertiary/aromatic N) is 1. The van der Waals surface area contributed by atoms with Gasteiger partial charge in [-0.2, -0.15) is 0 Å². The predicted octanol–water partition coefficient (Wildman–Crippen LogP) is 1.88. The van der Waals surface area contributed by atoms with E-state index in [9.17, 15) is 5.11 Å². The summed E-state index contributed by atoms with van der Waals surface area (Å²) in [6, 6.07) is 0.968. The molecule has 2 nitrogen and oxygen atoms in total. The summed E-state index contributed by atoms with van der Waals surface area (Å²) in [4.78, 5) is 2.35. The Morgan fingerprint density at radius 3 is 2.23 bits per heavy atom. The Morgan fingerprint density at radius 1 is 1.23 bits per heavy atom. The summed E-state index contributed by atoms with van der Waals surface area (Å²) in [5, 5.41) is 9.75. The van der Waals surface area contributed by atoms with Crippen molar-refractivity contribution in [3.05, 3.63) is 0 Å². The minimum Gasteiger partial charge on any atom is -0.391 e. The second-order valence-corrected chi connectivity index (χ2v) is 4.72. The number of hydrogen-bond acceptors (Lipinski definition) is 2. The van der Waals surface area contributed by atoms with Gasteiger partial charge in [0.2, 0.25) is 0 Å². The van der Waals surface area contributed by atoms with Crippen LogP contribution in [0.1, 0.15) is 40.0 Å². The zero-order valence-corrected chi connectivity index (χ0v) is 9.33. The molecule has 1 saturated carbocycles. The van der Waals surface area contributed by atoms with Crippen LogP contribution in [0, 0.1) is 5.92 Å². The average molecular weight is 185 g/mol. The summed E-state index contributed by atoms with van der Waals surface area (Å²) in [5.74, 6) is 0.665. The number of hydrogen-bond donors (Lipinski definition) is 1. The monoisotopic (exact) mass is 185 g/mol. The highest BCUT2D eigenvalue weighted by Crippen LogP contribution is 2.26. The third kappa shape index (κ3) is 2.44. The van der Waals surface area contributed by atoms with Gasteiger partial charge in [-0.25, -0.2) is 0 Å². The lowest BCUT2D eigenvalue weighted by Gasteiger charge is -2.34. The van der Waals surface area contributed by atoms with Crippen LogP contribution in [0.3, 0.4) is 0 Å². The van der Waals surface area contributed by atoms with Crippen molar-refractivity contribution in [1.82, 2.24) is 4.90 Å². The Kier molecular flexibility index (Phi) is 3.74. The molecular weight excluding hydrogens is 162 g/mol. The van der Waals surface area contributed by atoms with E-state index in [4.69, 9.17) is 0 Å². The van der Waals surface area contributed by atoms with E-state index in [-0.39, 0.29) is 6.10 Å². The third-order valence-electron chi connectivity index (χ3n) is 3.57. The first-order chi connectivity index (χ1) is 6.04. The van der Waals surface area contributed by atoms with Crippen LogP contribution in [0.2, 0.25) is 0 Å². The third-order valence-corrected chi connectivity index (χ3v) is 3.57. The zero-order chi connectivity index (χ0) is 10.0. The lowest BCUT2D eigenvalue weighted by molar-refractivity contribution is 0.0534. The molecule has 0 saturated heterocycles. The van der Waals surface area contributed by atoms with Crippen LogP contribution in [0.15, 0.2) is 0 Å².